The number of hydrogen-bond acceptors (Lipinski definition) is 3. The molecule has 1 saturated carbocycles. The van der Waals surface area contributed by atoms with E-state index in [2.05, 4.69) is 24.3 Å². The Kier molecular flexibility index (Phi) is 7.51. The average Bonchev–Trinajstić information content (AvgIpc) is 3.15. The number of benzene rings is 2. The summed E-state index contributed by atoms with van der Waals surface area (Å²) < 4.78 is 6.05. The van der Waals surface area contributed by atoms with Crippen molar-refractivity contribution in [3.05, 3.63) is 64.7 Å². The highest BCUT2D eigenvalue weighted by Gasteiger charge is 2.29. The van der Waals surface area contributed by atoms with Crippen LogP contribution in [0.1, 0.15) is 54.0 Å². The molecule has 142 valence electrons. The Morgan fingerprint density at radius 3 is 2.23 bits per heavy atom. The number of nitrogens with two attached hydrogens (primary N) is 1. The van der Waals surface area contributed by atoms with Crippen molar-refractivity contribution in [1.29, 1.82) is 0 Å². The van der Waals surface area contributed by atoms with Crippen molar-refractivity contribution in [2.45, 2.75) is 58.3 Å². The van der Waals surface area contributed by atoms with Crippen molar-refractivity contribution < 1.29 is 9.84 Å². The van der Waals surface area contributed by atoms with Crippen molar-refractivity contribution in [3.63, 3.8) is 0 Å². The first-order valence-corrected chi connectivity index (χ1v) is 9.28. The molecule has 0 aromatic heterocycles. The summed E-state index contributed by atoms with van der Waals surface area (Å²) in [5, 5.41) is 10.6. The van der Waals surface area contributed by atoms with E-state index < -0.39 is 6.10 Å². The fourth-order valence-corrected chi connectivity index (χ4v) is 3.92. The summed E-state index contributed by atoms with van der Waals surface area (Å²) in [6.45, 7) is 4.65. The second kappa shape index (κ2) is 9.40. The summed E-state index contributed by atoms with van der Waals surface area (Å²) >= 11 is 0. The van der Waals surface area contributed by atoms with E-state index in [0.717, 1.165) is 40.8 Å². The minimum absolute atomic E-state index is 0. The van der Waals surface area contributed by atoms with Crippen molar-refractivity contribution >= 4 is 12.4 Å². The number of hydrogen-bond donors (Lipinski definition) is 2. The number of rotatable bonds is 6. The van der Waals surface area contributed by atoms with Gasteiger partial charge in [-0.05, 0) is 54.9 Å². The van der Waals surface area contributed by atoms with E-state index in [1.165, 1.54) is 12.8 Å². The van der Waals surface area contributed by atoms with E-state index in [-0.39, 0.29) is 18.4 Å². The van der Waals surface area contributed by atoms with E-state index in [4.69, 9.17) is 10.5 Å². The molecule has 0 unspecified atom stereocenters. The fraction of sp³-hybridized carbons (Fsp3) is 0.455. The van der Waals surface area contributed by atoms with Crippen LogP contribution >= 0.6 is 12.4 Å². The van der Waals surface area contributed by atoms with Gasteiger partial charge in [0.05, 0.1) is 12.1 Å². The lowest BCUT2D eigenvalue weighted by Crippen LogP contribution is -2.32. The molecule has 1 aliphatic carbocycles. The third-order valence-electron chi connectivity index (χ3n) is 5.34. The molecule has 26 heavy (non-hydrogen) atoms. The first kappa shape index (κ1) is 20.8. The normalized spacial score (nSPS) is 16.8. The molecule has 1 aliphatic rings. The Labute approximate surface area is 163 Å². The summed E-state index contributed by atoms with van der Waals surface area (Å²) in [4.78, 5) is 0. The van der Waals surface area contributed by atoms with Gasteiger partial charge in [-0.2, -0.15) is 0 Å². The molecule has 2 aromatic rings. The lowest BCUT2D eigenvalue weighted by Gasteiger charge is -2.26. The van der Waals surface area contributed by atoms with Gasteiger partial charge in [0.1, 0.15) is 12.4 Å². The molecule has 2 aromatic carbocycles. The van der Waals surface area contributed by atoms with Gasteiger partial charge in [0.25, 0.3) is 0 Å². The highest BCUT2D eigenvalue weighted by atomic mass is 35.5. The quantitative estimate of drug-likeness (QED) is 0.758. The molecule has 0 heterocycles. The molecule has 3 rings (SSSR count). The first-order valence-electron chi connectivity index (χ1n) is 9.28. The third-order valence-corrected chi connectivity index (χ3v) is 5.34. The molecule has 3 nitrogen and oxygen atoms in total. The van der Waals surface area contributed by atoms with Gasteiger partial charge in [-0.1, -0.05) is 55.3 Å². The maximum atomic E-state index is 10.6. The molecule has 2 atom stereocenters. The SMILES string of the molecule is Cc1cc([C@@H](N)[C@@H](O)C2CCCC2)cc(C)c1OCc1ccccc1.Cl. The lowest BCUT2D eigenvalue weighted by molar-refractivity contribution is 0.0844. The van der Waals surface area contributed by atoms with E-state index in [0.29, 0.717) is 12.5 Å². The first-order chi connectivity index (χ1) is 12.1. The van der Waals surface area contributed by atoms with Gasteiger partial charge in [-0.15, -0.1) is 12.4 Å². The minimum atomic E-state index is -0.461. The van der Waals surface area contributed by atoms with Crippen LogP contribution in [0.4, 0.5) is 0 Å². The molecule has 3 N–H and O–H groups in total. The van der Waals surface area contributed by atoms with Gasteiger partial charge in [-0.3, -0.25) is 0 Å². The van der Waals surface area contributed by atoms with Crippen molar-refractivity contribution in [2.75, 3.05) is 0 Å². The van der Waals surface area contributed by atoms with Crippen LogP contribution in [-0.4, -0.2) is 11.2 Å². The molecule has 0 radical (unpaired) electrons. The summed E-state index contributed by atoms with van der Waals surface area (Å²) in [6.07, 6.45) is 4.13. The predicted octanol–water partition coefficient (Wildman–Crippen LogP) is 4.86. The zero-order valence-corrected chi connectivity index (χ0v) is 16.5. The molecule has 0 spiro atoms. The maximum absolute atomic E-state index is 10.6. The van der Waals surface area contributed by atoms with Gasteiger partial charge < -0.3 is 15.6 Å². The van der Waals surface area contributed by atoms with Gasteiger partial charge in [-0.25, -0.2) is 0 Å². The molecule has 0 aliphatic heterocycles. The number of halogens is 1. The van der Waals surface area contributed by atoms with Crippen molar-refractivity contribution in [3.8, 4) is 5.75 Å². The molecule has 1 fully saturated rings. The smallest absolute Gasteiger partial charge is 0.125 e. The molecule has 0 amide bonds. The monoisotopic (exact) mass is 375 g/mol. The van der Waals surface area contributed by atoms with Crippen LogP contribution in [-0.2, 0) is 6.61 Å². The second-order valence-corrected chi connectivity index (χ2v) is 7.32. The largest absolute Gasteiger partial charge is 0.488 e. The molecule has 4 heteroatoms. The number of aliphatic hydroxyl groups excluding tert-OH is 1. The van der Waals surface area contributed by atoms with E-state index in [1.807, 2.05) is 32.0 Å². The van der Waals surface area contributed by atoms with Crippen molar-refractivity contribution in [2.24, 2.45) is 11.7 Å². The summed E-state index contributed by atoms with van der Waals surface area (Å²) in [5.41, 5.74) is 10.7. The molecule has 0 bridgehead atoms. The number of aliphatic hydroxyl groups is 1. The molecular weight excluding hydrogens is 346 g/mol. The standard InChI is InChI=1S/C22H29NO2.ClH/c1-15-12-19(20(23)21(24)18-10-6-7-11-18)13-16(2)22(15)25-14-17-8-4-3-5-9-17;/h3-5,8-9,12-13,18,20-21,24H,6-7,10-11,14,23H2,1-2H3;1H/t20-,21+;/m1./s1. The summed E-state index contributed by atoms with van der Waals surface area (Å²) in [7, 11) is 0. The van der Waals surface area contributed by atoms with E-state index in [1.54, 1.807) is 0 Å². The van der Waals surface area contributed by atoms with Gasteiger partial charge in [0.2, 0.25) is 0 Å². The molecule has 0 saturated heterocycles. The lowest BCUT2D eigenvalue weighted by atomic mass is 9.89. The van der Waals surface area contributed by atoms with Crippen molar-refractivity contribution in [1.82, 2.24) is 0 Å². The Morgan fingerprint density at radius 1 is 1.08 bits per heavy atom. The minimum Gasteiger partial charge on any atom is -0.488 e. The van der Waals surface area contributed by atoms with Crippen LogP contribution in [0.3, 0.4) is 0 Å². The topological polar surface area (TPSA) is 55.5 Å². The van der Waals surface area contributed by atoms with Crippen LogP contribution in [0.2, 0.25) is 0 Å². The maximum Gasteiger partial charge on any atom is 0.125 e. The van der Waals surface area contributed by atoms with Gasteiger partial charge in [0.15, 0.2) is 0 Å². The predicted molar refractivity (Wildman–Crippen MR) is 109 cm³/mol. The summed E-state index contributed by atoms with van der Waals surface area (Å²) in [5.74, 6) is 1.25. The Bertz CT molecular complexity index is 676. The van der Waals surface area contributed by atoms with Crippen LogP contribution in [0.5, 0.6) is 5.75 Å². The van der Waals surface area contributed by atoms with Crippen LogP contribution in [0, 0.1) is 19.8 Å². The highest BCUT2D eigenvalue weighted by Crippen LogP contribution is 2.34. The second-order valence-electron chi connectivity index (χ2n) is 7.32. The Balaban J connectivity index is 0.00000243. The van der Waals surface area contributed by atoms with Crippen LogP contribution < -0.4 is 10.5 Å². The highest BCUT2D eigenvalue weighted by molar-refractivity contribution is 5.85. The van der Waals surface area contributed by atoms with Gasteiger partial charge >= 0.3 is 0 Å². The summed E-state index contributed by atoms with van der Waals surface area (Å²) in [6, 6.07) is 14.0. The van der Waals surface area contributed by atoms with Gasteiger partial charge in [0, 0.05) is 0 Å². The van der Waals surface area contributed by atoms with Crippen LogP contribution in [0.25, 0.3) is 0 Å². The zero-order chi connectivity index (χ0) is 17.8. The Hall–Kier alpha value is -1.55. The van der Waals surface area contributed by atoms with Crippen LogP contribution in [0.15, 0.2) is 42.5 Å². The zero-order valence-electron chi connectivity index (χ0n) is 15.7. The fourth-order valence-electron chi connectivity index (χ4n) is 3.92. The Morgan fingerprint density at radius 2 is 1.65 bits per heavy atom. The van der Waals surface area contributed by atoms with E-state index in [9.17, 15) is 5.11 Å². The average molecular weight is 376 g/mol. The third kappa shape index (κ3) is 4.79. The van der Waals surface area contributed by atoms with E-state index >= 15 is 0 Å². The number of ether oxygens (including phenoxy) is 1. The molecular formula is C22H30ClNO2. The number of aryl methyl sites for hydroxylation is 2.